The number of anilines is 1. The summed E-state index contributed by atoms with van der Waals surface area (Å²) < 4.78 is 29.6. The van der Waals surface area contributed by atoms with Gasteiger partial charge in [-0.2, -0.15) is 0 Å². The second-order valence-corrected chi connectivity index (χ2v) is 11.4. The van der Waals surface area contributed by atoms with Gasteiger partial charge in [0.1, 0.15) is 17.3 Å². The number of aromatic nitrogens is 2. The van der Waals surface area contributed by atoms with Gasteiger partial charge in [-0.3, -0.25) is 9.79 Å². The van der Waals surface area contributed by atoms with Crippen LogP contribution in [0.25, 0.3) is 11.3 Å². The number of hydrogen-bond acceptors (Lipinski definition) is 8. The van der Waals surface area contributed by atoms with Crippen LogP contribution in [0.4, 0.5) is 14.7 Å². The average Bonchev–Trinajstić information content (AvgIpc) is 3.32. The van der Waals surface area contributed by atoms with Crippen LogP contribution in [0.15, 0.2) is 58.7 Å². The maximum atomic E-state index is 14.8. The van der Waals surface area contributed by atoms with Crippen LogP contribution in [-0.4, -0.2) is 57.2 Å². The van der Waals surface area contributed by atoms with E-state index >= 15 is 0 Å². The zero-order valence-electron chi connectivity index (χ0n) is 21.7. The number of halogens is 3. The highest BCUT2D eigenvalue weighted by Gasteiger charge is 2.31. The molecule has 4 heterocycles. The minimum atomic E-state index is -0.712. The molecule has 12 heteroatoms. The van der Waals surface area contributed by atoms with E-state index in [0.717, 1.165) is 0 Å². The molecule has 0 radical (unpaired) electrons. The van der Waals surface area contributed by atoms with Crippen molar-refractivity contribution >= 4 is 40.9 Å². The highest BCUT2D eigenvalue weighted by Crippen LogP contribution is 2.35. The third kappa shape index (κ3) is 5.16. The number of thioether (sulfide) groups is 1. The van der Waals surface area contributed by atoms with Gasteiger partial charge < -0.3 is 20.9 Å². The number of piperazine rings is 1. The number of hydrogen-bond donors (Lipinski definition) is 3. The zero-order chi connectivity index (χ0) is 28.0. The summed E-state index contributed by atoms with van der Waals surface area (Å²) in [6.07, 6.45) is 1.65. The zero-order valence-corrected chi connectivity index (χ0v) is 23.3. The largest absolute Gasteiger partial charge is 0.352 e. The molecule has 206 valence electrons. The van der Waals surface area contributed by atoms with Crippen molar-refractivity contribution in [3.05, 3.63) is 87.0 Å². The van der Waals surface area contributed by atoms with E-state index in [0.29, 0.717) is 52.1 Å². The number of nitrogens with one attached hydrogen (secondary N) is 3. The van der Waals surface area contributed by atoms with E-state index < -0.39 is 11.6 Å². The molecule has 2 aromatic carbocycles. The van der Waals surface area contributed by atoms with Crippen molar-refractivity contribution in [2.24, 2.45) is 4.99 Å². The Kier molecular flexibility index (Phi) is 7.20. The molecule has 3 unspecified atom stereocenters. The third-order valence-electron chi connectivity index (χ3n) is 6.91. The Balaban J connectivity index is 1.25. The summed E-state index contributed by atoms with van der Waals surface area (Å²) in [6.45, 7) is 5.54. The van der Waals surface area contributed by atoms with E-state index in [1.807, 2.05) is 4.90 Å². The molecule has 3 N–H and O–H groups in total. The summed E-state index contributed by atoms with van der Waals surface area (Å²) in [5.74, 6) is -1.14. The minimum absolute atomic E-state index is 0.0456. The van der Waals surface area contributed by atoms with E-state index in [1.165, 1.54) is 30.0 Å². The number of fused-ring (bicyclic) bond motifs is 3. The van der Waals surface area contributed by atoms with Gasteiger partial charge in [-0.1, -0.05) is 35.5 Å². The van der Waals surface area contributed by atoms with Crippen molar-refractivity contribution in [1.29, 1.82) is 0 Å². The van der Waals surface area contributed by atoms with Crippen molar-refractivity contribution < 1.29 is 13.6 Å². The second kappa shape index (κ2) is 10.8. The predicted molar refractivity (Wildman–Crippen MR) is 153 cm³/mol. The molecule has 0 bridgehead atoms. The van der Waals surface area contributed by atoms with Crippen LogP contribution in [0.5, 0.6) is 0 Å². The van der Waals surface area contributed by atoms with Crippen LogP contribution < -0.4 is 16.0 Å². The smallest absolute Gasteiger partial charge is 0.270 e. The van der Waals surface area contributed by atoms with E-state index in [4.69, 9.17) is 16.6 Å². The van der Waals surface area contributed by atoms with Crippen LogP contribution in [0.3, 0.4) is 0 Å². The molecule has 6 rings (SSSR count). The van der Waals surface area contributed by atoms with Gasteiger partial charge in [0.15, 0.2) is 5.50 Å². The van der Waals surface area contributed by atoms with Crippen LogP contribution in [0.1, 0.15) is 30.5 Å². The van der Waals surface area contributed by atoms with Crippen molar-refractivity contribution in [3.63, 3.8) is 0 Å². The first-order chi connectivity index (χ1) is 19.3. The van der Waals surface area contributed by atoms with Crippen LogP contribution in [0, 0.1) is 11.6 Å². The van der Waals surface area contributed by atoms with Crippen LogP contribution in [-0.2, 0) is 11.3 Å². The average molecular weight is 582 g/mol. The van der Waals surface area contributed by atoms with Gasteiger partial charge in [0.05, 0.1) is 23.5 Å². The van der Waals surface area contributed by atoms with Gasteiger partial charge in [-0.25, -0.2) is 18.7 Å². The maximum Gasteiger partial charge on any atom is 0.270 e. The fourth-order valence-electron chi connectivity index (χ4n) is 5.24. The third-order valence-corrected chi connectivity index (χ3v) is 8.02. The van der Waals surface area contributed by atoms with Gasteiger partial charge in [0.2, 0.25) is 5.95 Å². The monoisotopic (exact) mass is 581 g/mol. The minimum Gasteiger partial charge on any atom is -0.352 e. The summed E-state index contributed by atoms with van der Waals surface area (Å²) >= 11 is 7.72. The summed E-state index contributed by atoms with van der Waals surface area (Å²) in [5.41, 5.74) is 2.49. The Labute approximate surface area is 239 Å². The second-order valence-electron chi connectivity index (χ2n) is 10.0. The molecule has 3 aliphatic heterocycles. The first-order valence-corrected chi connectivity index (χ1v) is 14.2. The number of carbonyl (C=O) groups excluding carboxylic acids is 1. The molecule has 3 atom stereocenters. The lowest BCUT2D eigenvalue weighted by Crippen LogP contribution is -2.56. The Hall–Kier alpha value is -3.54. The topological polar surface area (TPSA) is 94.5 Å². The van der Waals surface area contributed by atoms with Gasteiger partial charge in [-0.05, 0) is 38.1 Å². The molecule has 1 fully saturated rings. The lowest BCUT2D eigenvalue weighted by Gasteiger charge is -2.36. The van der Waals surface area contributed by atoms with Crippen molar-refractivity contribution in [2.75, 3.05) is 18.4 Å². The summed E-state index contributed by atoms with van der Waals surface area (Å²) in [6, 6.07) is 9.28. The molecule has 3 aromatic rings. The number of benzene rings is 2. The van der Waals surface area contributed by atoms with Crippen molar-refractivity contribution in [3.8, 4) is 11.3 Å². The Bertz CT molecular complexity index is 1540. The fourth-order valence-corrected chi connectivity index (χ4v) is 6.22. The Morgan fingerprint density at radius 1 is 1.12 bits per heavy atom. The van der Waals surface area contributed by atoms with Crippen LogP contribution >= 0.6 is 23.4 Å². The van der Waals surface area contributed by atoms with Crippen molar-refractivity contribution in [1.82, 2.24) is 25.5 Å². The lowest BCUT2D eigenvalue weighted by atomic mass is 9.95. The molecule has 1 amide bonds. The predicted octanol–water partition coefficient (Wildman–Crippen LogP) is 4.51. The summed E-state index contributed by atoms with van der Waals surface area (Å²) in [4.78, 5) is 28.7. The lowest BCUT2D eigenvalue weighted by molar-refractivity contribution is -0.129. The van der Waals surface area contributed by atoms with E-state index in [9.17, 15) is 13.6 Å². The Morgan fingerprint density at radius 2 is 1.88 bits per heavy atom. The molecule has 0 saturated carbocycles. The Morgan fingerprint density at radius 3 is 2.62 bits per heavy atom. The molecule has 3 aliphatic rings. The molecular weight excluding hydrogens is 556 g/mol. The highest BCUT2D eigenvalue weighted by molar-refractivity contribution is 8.03. The quantitative estimate of drug-likeness (QED) is 0.417. The first-order valence-electron chi connectivity index (χ1n) is 12.9. The van der Waals surface area contributed by atoms with Crippen LogP contribution in [0.2, 0.25) is 5.02 Å². The van der Waals surface area contributed by atoms with E-state index in [-0.39, 0.29) is 41.3 Å². The maximum absolute atomic E-state index is 14.8. The summed E-state index contributed by atoms with van der Waals surface area (Å²) in [7, 11) is 0. The number of nitrogens with zero attached hydrogens (tertiary/aromatic N) is 4. The molecule has 40 heavy (non-hydrogen) atoms. The van der Waals surface area contributed by atoms with E-state index in [1.54, 1.807) is 29.8 Å². The molecular formula is C28H26ClF2N7OS. The van der Waals surface area contributed by atoms with Gasteiger partial charge in [0, 0.05) is 58.5 Å². The fraction of sp³-hybridized carbons (Fsp3) is 0.286. The van der Waals surface area contributed by atoms with E-state index in [2.05, 4.69) is 39.8 Å². The number of aliphatic imine (C=N–C) groups is 1. The molecule has 0 spiro atoms. The normalized spacial score (nSPS) is 21.9. The SMILES string of the molecule is CC1CN(C(=O)C2=CSC(Nc3ncc4c(n3)-c3ccc(Cl)cc3C(c3c(F)cccc3F)=NC4)N2)CC(C)N1. The van der Waals surface area contributed by atoms with Gasteiger partial charge in [0.25, 0.3) is 5.91 Å². The number of carbonyl (C=O) groups is 1. The van der Waals surface area contributed by atoms with Gasteiger partial charge in [-0.15, -0.1) is 0 Å². The standard InChI is InChI=1S/C28H26ClF2N7OS/c1-14-11-38(12-15(2)34-14)26(39)22-13-40-28(35-22)37-27-33-10-16-9-32-25(23-20(30)4-3-5-21(23)31)19-8-17(29)6-7-18(19)24(16)36-27/h3-8,10,13-15,28,34-35H,9,11-12H2,1-2H3,(H,33,36,37). The van der Waals surface area contributed by atoms with Gasteiger partial charge >= 0.3 is 0 Å². The first kappa shape index (κ1) is 26.7. The van der Waals surface area contributed by atoms with Crippen molar-refractivity contribution in [2.45, 2.75) is 38.0 Å². The number of amides is 1. The summed E-state index contributed by atoms with van der Waals surface area (Å²) in [5, 5.41) is 12.1. The molecule has 0 aliphatic carbocycles. The number of rotatable bonds is 4. The molecule has 8 nitrogen and oxygen atoms in total. The molecule has 1 aromatic heterocycles. The molecule has 1 saturated heterocycles. The highest BCUT2D eigenvalue weighted by atomic mass is 35.5.